The number of hydrogen-bond donors (Lipinski definition) is 0. The van der Waals surface area contributed by atoms with E-state index in [2.05, 4.69) is 10.1 Å². The molecule has 1 aliphatic heterocycles. The van der Waals surface area contributed by atoms with Gasteiger partial charge in [0.25, 0.3) is 5.89 Å². The van der Waals surface area contributed by atoms with Gasteiger partial charge in [0.2, 0.25) is 5.91 Å². The maximum Gasteiger partial charge on any atom is 0.258 e. The molecule has 2 heterocycles. The summed E-state index contributed by atoms with van der Waals surface area (Å²) < 4.78 is 10.9. The Bertz CT molecular complexity index is 1010. The van der Waals surface area contributed by atoms with Crippen LogP contribution in [0, 0.1) is 0 Å². The van der Waals surface area contributed by atoms with E-state index in [1.807, 2.05) is 72.4 Å². The standard InChI is InChI=1S/C22H24N4O3/c1-25(2)18-9-6-8-15(11-18)22-23-21(24-29-22)17-12-20(27)26(14-17)13-16-7-4-5-10-19(16)28-3/h4-11,17H,12-14H2,1-3H3/t17-/m0/s1. The molecule has 1 atom stereocenters. The zero-order chi connectivity index (χ0) is 20.4. The number of hydrogen-bond acceptors (Lipinski definition) is 6. The van der Waals surface area contributed by atoms with E-state index in [1.54, 1.807) is 7.11 Å². The molecular formula is C22H24N4O3. The van der Waals surface area contributed by atoms with Crippen LogP contribution in [0.3, 0.4) is 0 Å². The molecule has 29 heavy (non-hydrogen) atoms. The monoisotopic (exact) mass is 392 g/mol. The highest BCUT2D eigenvalue weighted by atomic mass is 16.5. The number of anilines is 1. The predicted molar refractivity (Wildman–Crippen MR) is 110 cm³/mol. The number of carbonyl (C=O) groups excluding carboxylic acids is 1. The molecule has 7 nitrogen and oxygen atoms in total. The molecule has 2 aromatic carbocycles. The quantitative estimate of drug-likeness (QED) is 0.641. The first-order valence-corrected chi connectivity index (χ1v) is 9.56. The van der Waals surface area contributed by atoms with Gasteiger partial charge in [-0.1, -0.05) is 29.4 Å². The number of benzene rings is 2. The third kappa shape index (κ3) is 3.94. The fraction of sp³-hybridized carbons (Fsp3) is 0.318. The van der Waals surface area contributed by atoms with Crippen LogP contribution >= 0.6 is 0 Å². The van der Waals surface area contributed by atoms with Gasteiger partial charge in [0, 0.05) is 56.3 Å². The van der Waals surface area contributed by atoms with Gasteiger partial charge in [-0.3, -0.25) is 4.79 Å². The Balaban J connectivity index is 1.49. The first-order valence-electron chi connectivity index (χ1n) is 9.56. The summed E-state index contributed by atoms with van der Waals surface area (Å²) in [5.41, 5.74) is 2.91. The average Bonchev–Trinajstić information content (AvgIpc) is 3.36. The molecule has 3 aromatic rings. The zero-order valence-corrected chi connectivity index (χ0v) is 16.8. The second kappa shape index (κ2) is 7.95. The van der Waals surface area contributed by atoms with Crippen molar-refractivity contribution in [3.8, 4) is 17.2 Å². The smallest absolute Gasteiger partial charge is 0.258 e. The molecule has 0 unspecified atom stereocenters. The summed E-state index contributed by atoms with van der Waals surface area (Å²) in [6.45, 7) is 1.07. The van der Waals surface area contributed by atoms with Crippen LogP contribution in [0.5, 0.6) is 5.75 Å². The fourth-order valence-corrected chi connectivity index (χ4v) is 3.57. The molecular weight excluding hydrogens is 368 g/mol. The Labute approximate surface area is 169 Å². The average molecular weight is 392 g/mol. The molecule has 150 valence electrons. The molecule has 0 saturated carbocycles. The van der Waals surface area contributed by atoms with Crippen molar-refractivity contribution in [3.63, 3.8) is 0 Å². The van der Waals surface area contributed by atoms with E-state index < -0.39 is 0 Å². The number of aromatic nitrogens is 2. The van der Waals surface area contributed by atoms with E-state index in [1.165, 1.54) is 0 Å². The van der Waals surface area contributed by atoms with Gasteiger partial charge in [0.15, 0.2) is 5.82 Å². The highest BCUT2D eigenvalue weighted by molar-refractivity contribution is 5.79. The number of likely N-dealkylation sites (tertiary alicyclic amines) is 1. The molecule has 0 radical (unpaired) electrons. The first kappa shape index (κ1) is 19.0. The minimum Gasteiger partial charge on any atom is -0.496 e. The van der Waals surface area contributed by atoms with Gasteiger partial charge < -0.3 is 19.1 Å². The third-order valence-electron chi connectivity index (χ3n) is 5.18. The third-order valence-corrected chi connectivity index (χ3v) is 5.18. The van der Waals surface area contributed by atoms with Gasteiger partial charge in [-0.2, -0.15) is 4.98 Å². The van der Waals surface area contributed by atoms with Crippen molar-refractivity contribution < 1.29 is 14.1 Å². The van der Waals surface area contributed by atoms with E-state index >= 15 is 0 Å². The Hall–Kier alpha value is -3.35. The summed E-state index contributed by atoms with van der Waals surface area (Å²) in [6, 6.07) is 15.7. The lowest BCUT2D eigenvalue weighted by molar-refractivity contribution is -0.128. The molecule has 0 spiro atoms. The lowest BCUT2D eigenvalue weighted by atomic mass is 10.1. The molecule has 1 saturated heterocycles. The topological polar surface area (TPSA) is 71.7 Å². The molecule has 7 heteroatoms. The normalized spacial score (nSPS) is 16.3. The second-order valence-corrected chi connectivity index (χ2v) is 7.39. The Morgan fingerprint density at radius 1 is 1.21 bits per heavy atom. The lowest BCUT2D eigenvalue weighted by Crippen LogP contribution is -2.24. The summed E-state index contributed by atoms with van der Waals surface area (Å²) in [5, 5.41) is 4.16. The van der Waals surface area contributed by atoms with Crippen LogP contribution in [0.2, 0.25) is 0 Å². The lowest BCUT2D eigenvalue weighted by Gasteiger charge is -2.17. The number of carbonyl (C=O) groups is 1. The van der Waals surface area contributed by atoms with Gasteiger partial charge in [-0.25, -0.2) is 0 Å². The molecule has 1 amide bonds. The number of methoxy groups -OCH3 is 1. The number of nitrogens with zero attached hydrogens (tertiary/aromatic N) is 4. The summed E-state index contributed by atoms with van der Waals surface area (Å²) in [4.78, 5) is 21.0. The molecule has 1 aromatic heterocycles. The van der Waals surface area contributed by atoms with Crippen LogP contribution in [0.4, 0.5) is 5.69 Å². The van der Waals surface area contributed by atoms with Gasteiger partial charge >= 0.3 is 0 Å². The molecule has 1 aliphatic rings. The van der Waals surface area contributed by atoms with Crippen molar-refractivity contribution in [2.24, 2.45) is 0 Å². The summed E-state index contributed by atoms with van der Waals surface area (Å²) in [6.07, 6.45) is 0.381. The summed E-state index contributed by atoms with van der Waals surface area (Å²) in [7, 11) is 5.61. The van der Waals surface area contributed by atoms with Crippen molar-refractivity contribution in [1.82, 2.24) is 15.0 Å². The first-order chi connectivity index (χ1) is 14.0. The molecule has 0 bridgehead atoms. The predicted octanol–water partition coefficient (Wildman–Crippen LogP) is 3.33. The van der Waals surface area contributed by atoms with Crippen molar-refractivity contribution in [1.29, 1.82) is 0 Å². The van der Waals surface area contributed by atoms with E-state index in [-0.39, 0.29) is 11.8 Å². The van der Waals surface area contributed by atoms with Gasteiger partial charge in [0.1, 0.15) is 5.75 Å². The number of ether oxygens (including phenoxy) is 1. The van der Waals surface area contributed by atoms with Crippen LogP contribution < -0.4 is 9.64 Å². The maximum absolute atomic E-state index is 12.6. The SMILES string of the molecule is COc1ccccc1CN1C[C@@H](c2noc(-c3cccc(N(C)C)c3)n2)CC1=O. The second-order valence-electron chi connectivity index (χ2n) is 7.39. The number of amides is 1. The largest absolute Gasteiger partial charge is 0.496 e. The Morgan fingerprint density at radius 2 is 2.03 bits per heavy atom. The number of rotatable bonds is 6. The summed E-state index contributed by atoms with van der Waals surface area (Å²) in [5.74, 6) is 1.84. The van der Waals surface area contributed by atoms with E-state index in [0.29, 0.717) is 31.2 Å². The molecule has 0 N–H and O–H groups in total. The highest BCUT2D eigenvalue weighted by Crippen LogP contribution is 2.31. The zero-order valence-electron chi connectivity index (χ0n) is 16.8. The minimum absolute atomic E-state index is 0.0771. The molecule has 4 rings (SSSR count). The van der Waals surface area contributed by atoms with Crippen molar-refractivity contribution in [2.45, 2.75) is 18.9 Å². The number of para-hydroxylation sites is 1. The highest BCUT2D eigenvalue weighted by Gasteiger charge is 2.34. The van der Waals surface area contributed by atoms with Crippen molar-refractivity contribution >= 4 is 11.6 Å². The minimum atomic E-state index is -0.0771. The summed E-state index contributed by atoms with van der Waals surface area (Å²) >= 11 is 0. The van der Waals surface area contributed by atoms with Crippen LogP contribution in [-0.2, 0) is 11.3 Å². The van der Waals surface area contributed by atoms with Crippen LogP contribution in [0.25, 0.3) is 11.5 Å². The van der Waals surface area contributed by atoms with Crippen LogP contribution in [0.1, 0.15) is 23.7 Å². The van der Waals surface area contributed by atoms with Gasteiger partial charge in [0.05, 0.1) is 7.11 Å². The van der Waals surface area contributed by atoms with E-state index in [0.717, 1.165) is 22.6 Å². The Morgan fingerprint density at radius 3 is 2.83 bits per heavy atom. The van der Waals surface area contributed by atoms with E-state index in [4.69, 9.17) is 9.26 Å². The molecule has 1 fully saturated rings. The Kier molecular flexibility index (Phi) is 5.20. The van der Waals surface area contributed by atoms with Crippen LogP contribution in [0.15, 0.2) is 53.1 Å². The van der Waals surface area contributed by atoms with Crippen molar-refractivity contribution in [3.05, 3.63) is 59.9 Å². The van der Waals surface area contributed by atoms with E-state index in [9.17, 15) is 4.79 Å². The fourth-order valence-electron chi connectivity index (χ4n) is 3.57. The van der Waals surface area contributed by atoms with Gasteiger partial charge in [-0.05, 0) is 24.3 Å². The van der Waals surface area contributed by atoms with Crippen LogP contribution in [-0.4, -0.2) is 48.7 Å². The van der Waals surface area contributed by atoms with Crippen molar-refractivity contribution in [2.75, 3.05) is 32.6 Å². The maximum atomic E-state index is 12.6. The van der Waals surface area contributed by atoms with Gasteiger partial charge in [-0.15, -0.1) is 0 Å². The molecule has 0 aliphatic carbocycles.